The van der Waals surface area contributed by atoms with Crippen LogP contribution in [0.1, 0.15) is 0 Å². The van der Waals surface area contributed by atoms with E-state index in [-0.39, 0.29) is 32.6 Å². The molecule has 0 saturated carbocycles. The van der Waals surface area contributed by atoms with Crippen LogP contribution in [0.4, 0.5) is 0 Å². The highest BCUT2D eigenvalue weighted by Crippen LogP contribution is 1.87. The third kappa shape index (κ3) is 29.7. The van der Waals surface area contributed by atoms with Crippen molar-refractivity contribution in [1.29, 1.82) is 0 Å². The number of hydrogen-bond donors (Lipinski definition) is 2. The van der Waals surface area contributed by atoms with Crippen LogP contribution in [-0.4, -0.2) is 124 Å². The summed E-state index contributed by atoms with van der Waals surface area (Å²) in [7, 11) is -4.66. The molecule has 0 unspecified atom stereocenters. The first kappa shape index (κ1) is 31.7. The maximum absolute atomic E-state index is 10.1. The van der Waals surface area contributed by atoms with Crippen molar-refractivity contribution >= 4 is 10.4 Å². The largest absolute Gasteiger partial charge is 0.726 e. The van der Waals surface area contributed by atoms with E-state index in [0.29, 0.717) is 79.3 Å². The molecule has 0 aromatic rings. The summed E-state index contributed by atoms with van der Waals surface area (Å²) in [5.74, 6) is 0. The van der Waals surface area contributed by atoms with Gasteiger partial charge in [0.2, 0.25) is 10.4 Å². The average molecular weight is 468 g/mol. The Bertz CT molecular complexity index is 426. The summed E-state index contributed by atoms with van der Waals surface area (Å²) in [6.45, 7) is 5.11. The molecule has 0 atom stereocenters. The quantitative estimate of drug-likeness (QED) is 0.0997. The van der Waals surface area contributed by atoms with Crippen molar-refractivity contribution in [3.8, 4) is 0 Å². The standard InChI is InChI=1S/C16H34O12S.H3N/c17-1-2-21-3-4-22-5-6-23-7-8-24-9-10-25-11-12-26-13-14-27-15-16-28-29(18,19)20;/h17H,1-16H2,(H,18,19,20);1H3. The van der Waals surface area contributed by atoms with Gasteiger partial charge in [-0.1, -0.05) is 0 Å². The van der Waals surface area contributed by atoms with Crippen LogP contribution in [0.15, 0.2) is 0 Å². The smallest absolute Gasteiger partial charge is 0.217 e. The van der Waals surface area contributed by atoms with Crippen molar-refractivity contribution in [2.75, 3.05) is 106 Å². The monoisotopic (exact) mass is 467 g/mol. The van der Waals surface area contributed by atoms with Crippen LogP contribution in [-0.2, 0) is 47.7 Å². The molecule has 13 nitrogen and oxygen atoms in total. The molecular formula is C16H37NO12S. The van der Waals surface area contributed by atoms with Gasteiger partial charge in [-0.05, 0) is 0 Å². The lowest BCUT2D eigenvalue weighted by Gasteiger charge is -2.09. The topological polar surface area (TPSA) is 188 Å². The zero-order chi connectivity index (χ0) is 21.5. The van der Waals surface area contributed by atoms with E-state index < -0.39 is 10.4 Å². The maximum atomic E-state index is 10.1. The van der Waals surface area contributed by atoms with E-state index in [1.807, 2.05) is 0 Å². The summed E-state index contributed by atoms with van der Waals surface area (Å²) in [6, 6.07) is 0. The van der Waals surface area contributed by atoms with Gasteiger partial charge in [-0.3, -0.25) is 4.18 Å². The molecule has 5 N–H and O–H groups in total. The second-order valence-electron chi connectivity index (χ2n) is 5.24. The van der Waals surface area contributed by atoms with E-state index in [2.05, 4.69) is 4.18 Å². The molecule has 0 fully saturated rings. The highest BCUT2D eigenvalue weighted by atomic mass is 32.3. The fourth-order valence-corrected chi connectivity index (χ4v) is 1.95. The van der Waals surface area contributed by atoms with Crippen molar-refractivity contribution in [3.63, 3.8) is 0 Å². The second kappa shape index (κ2) is 24.8. The van der Waals surface area contributed by atoms with Crippen molar-refractivity contribution in [1.82, 2.24) is 6.15 Å². The van der Waals surface area contributed by atoms with Crippen LogP contribution in [0.3, 0.4) is 0 Å². The third-order valence-electron chi connectivity index (χ3n) is 2.92. The van der Waals surface area contributed by atoms with E-state index in [1.54, 1.807) is 0 Å². The normalized spacial score (nSPS) is 11.5. The summed E-state index contributed by atoms with van der Waals surface area (Å²) in [4.78, 5) is 0. The van der Waals surface area contributed by atoms with E-state index in [4.69, 9.17) is 38.3 Å². The first-order valence-electron chi connectivity index (χ1n) is 9.31. The molecule has 14 heteroatoms. The van der Waals surface area contributed by atoms with Crippen molar-refractivity contribution in [2.24, 2.45) is 0 Å². The lowest BCUT2D eigenvalue weighted by atomic mass is 10.6. The van der Waals surface area contributed by atoms with Gasteiger partial charge in [0.1, 0.15) is 0 Å². The molecule has 0 aliphatic rings. The lowest BCUT2D eigenvalue weighted by molar-refractivity contribution is -0.0221. The number of quaternary nitrogens is 1. The van der Waals surface area contributed by atoms with Crippen molar-refractivity contribution < 1.29 is 55.4 Å². The van der Waals surface area contributed by atoms with Gasteiger partial charge in [-0.25, -0.2) is 8.42 Å². The van der Waals surface area contributed by atoms with E-state index in [9.17, 15) is 13.0 Å². The molecule has 0 radical (unpaired) electrons. The van der Waals surface area contributed by atoms with Crippen LogP contribution in [0.25, 0.3) is 0 Å². The molecule has 30 heavy (non-hydrogen) atoms. The molecule has 0 heterocycles. The van der Waals surface area contributed by atoms with Gasteiger partial charge in [-0.15, -0.1) is 0 Å². The number of aliphatic hydroxyl groups excluding tert-OH is 1. The molecule has 0 spiro atoms. The third-order valence-corrected chi connectivity index (χ3v) is 3.38. The van der Waals surface area contributed by atoms with Crippen molar-refractivity contribution in [3.05, 3.63) is 0 Å². The molecule has 0 bridgehead atoms. The Balaban J connectivity index is 0. The van der Waals surface area contributed by atoms with Crippen LogP contribution in [0, 0.1) is 0 Å². The Labute approximate surface area is 178 Å². The van der Waals surface area contributed by atoms with Crippen LogP contribution >= 0.6 is 0 Å². The second-order valence-corrected chi connectivity index (χ2v) is 6.29. The van der Waals surface area contributed by atoms with Gasteiger partial charge in [0, 0.05) is 0 Å². The van der Waals surface area contributed by atoms with E-state index in [0.717, 1.165) is 0 Å². The first-order valence-corrected chi connectivity index (χ1v) is 10.6. The van der Waals surface area contributed by atoms with Crippen LogP contribution in [0.5, 0.6) is 0 Å². The summed E-state index contributed by atoms with van der Waals surface area (Å²) < 4.78 is 71.0. The number of ether oxygens (including phenoxy) is 7. The molecule has 0 amide bonds. The minimum absolute atomic E-state index is 0. The molecular weight excluding hydrogens is 430 g/mol. The SMILES string of the molecule is O=S(=O)([O-])OCCOCCOCCOCCOCCOCCOCCOCCO.[NH4+]. The molecule has 0 saturated heterocycles. The Kier molecular flexibility index (Phi) is 26.2. The Morgan fingerprint density at radius 3 is 0.967 bits per heavy atom. The predicted octanol–water partition coefficient (Wildman–Crippen LogP) is -1.05. The molecule has 0 rings (SSSR count). The predicted molar refractivity (Wildman–Crippen MR) is 104 cm³/mol. The summed E-state index contributed by atoms with van der Waals surface area (Å²) >= 11 is 0. The van der Waals surface area contributed by atoms with Gasteiger partial charge in [0.15, 0.2) is 0 Å². The van der Waals surface area contributed by atoms with E-state index >= 15 is 0 Å². The Hall–Kier alpha value is -0.490. The molecule has 0 aliphatic carbocycles. The lowest BCUT2D eigenvalue weighted by Crippen LogP contribution is -2.15. The van der Waals surface area contributed by atoms with Crippen molar-refractivity contribution in [2.45, 2.75) is 0 Å². The summed E-state index contributed by atoms with van der Waals surface area (Å²) in [5, 5.41) is 8.51. The minimum atomic E-state index is -4.66. The number of rotatable bonds is 24. The Morgan fingerprint density at radius 1 is 0.500 bits per heavy atom. The van der Waals surface area contributed by atoms with Gasteiger partial charge in [0.05, 0.1) is 106 Å². The fraction of sp³-hybridized carbons (Fsp3) is 1.00. The molecule has 0 aromatic heterocycles. The average Bonchev–Trinajstić information content (AvgIpc) is 2.67. The van der Waals surface area contributed by atoms with E-state index in [1.165, 1.54) is 0 Å². The van der Waals surface area contributed by atoms with Gasteiger partial charge in [0.25, 0.3) is 0 Å². The summed E-state index contributed by atoms with van der Waals surface area (Å²) in [6.07, 6.45) is 0. The summed E-state index contributed by atoms with van der Waals surface area (Å²) in [5.41, 5.74) is 0. The highest BCUT2D eigenvalue weighted by molar-refractivity contribution is 7.80. The van der Waals surface area contributed by atoms with Crippen LogP contribution < -0.4 is 6.15 Å². The molecule has 184 valence electrons. The zero-order valence-electron chi connectivity index (χ0n) is 17.7. The first-order chi connectivity index (χ1) is 14.1. The fourth-order valence-electron chi connectivity index (χ4n) is 1.68. The minimum Gasteiger partial charge on any atom is -0.726 e. The Morgan fingerprint density at radius 2 is 0.733 bits per heavy atom. The van der Waals surface area contributed by atoms with Crippen LogP contribution in [0.2, 0.25) is 0 Å². The highest BCUT2D eigenvalue weighted by Gasteiger charge is 1.96. The van der Waals surface area contributed by atoms with Gasteiger partial charge < -0.3 is 49.0 Å². The zero-order valence-corrected chi connectivity index (χ0v) is 18.5. The number of hydrogen-bond acceptors (Lipinski definition) is 12. The maximum Gasteiger partial charge on any atom is 0.217 e. The molecule has 0 aliphatic heterocycles. The number of aliphatic hydroxyl groups is 1. The van der Waals surface area contributed by atoms with Gasteiger partial charge >= 0.3 is 0 Å². The van der Waals surface area contributed by atoms with Gasteiger partial charge in [-0.2, -0.15) is 0 Å². The molecule has 0 aromatic carbocycles.